The molecular weight excluding hydrogens is 448 g/mol. The summed E-state index contributed by atoms with van der Waals surface area (Å²) in [6.45, 7) is 4.25. The zero-order chi connectivity index (χ0) is 25.1. The number of carbonyl (C=O) groups excluding carboxylic acids is 2. The minimum atomic E-state index is -0.243. The van der Waals surface area contributed by atoms with Gasteiger partial charge >= 0.3 is 0 Å². The quantitative estimate of drug-likeness (QED) is 0.269. The van der Waals surface area contributed by atoms with Gasteiger partial charge in [0.05, 0.1) is 17.5 Å². The van der Waals surface area contributed by atoms with E-state index in [9.17, 15) is 9.59 Å². The molecule has 6 heteroatoms. The summed E-state index contributed by atoms with van der Waals surface area (Å²) >= 11 is 0. The number of nitrogens with zero attached hydrogens (tertiary/aromatic N) is 2. The lowest BCUT2D eigenvalue weighted by Crippen LogP contribution is -2.60. The van der Waals surface area contributed by atoms with Gasteiger partial charge in [0.2, 0.25) is 5.78 Å². The number of fused-ring (bicyclic) bond motifs is 1. The van der Waals surface area contributed by atoms with Gasteiger partial charge < -0.3 is 10.8 Å². The number of allylic oxidation sites excluding steroid dienone is 2. The molecule has 0 radical (unpaired) electrons. The number of hydrogen-bond donors (Lipinski definition) is 2. The van der Waals surface area contributed by atoms with Crippen LogP contribution in [0, 0.1) is 46.3 Å². The van der Waals surface area contributed by atoms with E-state index in [4.69, 9.17) is 15.9 Å². The van der Waals surface area contributed by atoms with E-state index >= 15 is 0 Å². The lowest BCUT2D eigenvalue weighted by Gasteiger charge is -2.63. The van der Waals surface area contributed by atoms with Crippen LogP contribution in [0.5, 0.6) is 0 Å². The SMILES string of the molecule is CCCC(=N)C(=O)C1CCc2c(c(C(=O)C(=N)C3C4CC5=CC(C)CC3C54)nn2C2CCCCC2)C1. The summed E-state index contributed by atoms with van der Waals surface area (Å²) < 4.78 is 2.13. The van der Waals surface area contributed by atoms with Crippen molar-refractivity contribution in [2.75, 3.05) is 0 Å². The summed E-state index contributed by atoms with van der Waals surface area (Å²) in [5.74, 6) is 1.62. The summed E-state index contributed by atoms with van der Waals surface area (Å²) in [7, 11) is 0. The molecule has 1 aromatic rings. The van der Waals surface area contributed by atoms with E-state index in [0.717, 1.165) is 56.2 Å². The third-order valence-electron chi connectivity index (χ3n) is 10.1. The molecule has 0 amide bonds. The van der Waals surface area contributed by atoms with Gasteiger partial charge in [0, 0.05) is 23.1 Å². The zero-order valence-corrected chi connectivity index (χ0v) is 21.8. The van der Waals surface area contributed by atoms with Crippen molar-refractivity contribution in [3.63, 3.8) is 0 Å². The van der Waals surface area contributed by atoms with Crippen LogP contribution in [0.4, 0.5) is 0 Å². The summed E-state index contributed by atoms with van der Waals surface area (Å²) in [5.41, 5.74) is 4.52. The first-order chi connectivity index (χ1) is 17.4. The average molecular weight is 489 g/mol. The maximum Gasteiger partial charge on any atom is 0.227 e. The van der Waals surface area contributed by atoms with Gasteiger partial charge in [0.1, 0.15) is 5.69 Å². The van der Waals surface area contributed by atoms with Crippen molar-refractivity contribution in [1.82, 2.24) is 9.78 Å². The molecule has 6 unspecified atom stereocenters. The van der Waals surface area contributed by atoms with Crippen LogP contribution < -0.4 is 0 Å². The third-order valence-corrected chi connectivity index (χ3v) is 10.1. The number of hydrogen-bond acceptors (Lipinski definition) is 5. The Morgan fingerprint density at radius 2 is 1.86 bits per heavy atom. The van der Waals surface area contributed by atoms with Crippen LogP contribution in [-0.2, 0) is 17.6 Å². The van der Waals surface area contributed by atoms with Crippen molar-refractivity contribution in [2.24, 2.45) is 35.5 Å². The molecule has 6 nitrogen and oxygen atoms in total. The van der Waals surface area contributed by atoms with Crippen LogP contribution >= 0.6 is 0 Å². The number of nitrogens with one attached hydrogen (secondary N) is 2. The molecule has 1 aromatic heterocycles. The van der Waals surface area contributed by atoms with E-state index in [1.807, 2.05) is 6.92 Å². The van der Waals surface area contributed by atoms with E-state index in [2.05, 4.69) is 17.7 Å². The van der Waals surface area contributed by atoms with Crippen molar-refractivity contribution in [3.05, 3.63) is 28.6 Å². The predicted molar refractivity (Wildman–Crippen MR) is 140 cm³/mol. The Balaban J connectivity index is 1.30. The molecule has 0 bridgehead atoms. The fourth-order valence-corrected chi connectivity index (χ4v) is 8.33. The molecule has 0 saturated heterocycles. The molecule has 3 saturated carbocycles. The van der Waals surface area contributed by atoms with Gasteiger partial charge in [-0.05, 0) is 75.0 Å². The van der Waals surface area contributed by atoms with Gasteiger partial charge in [0.15, 0.2) is 5.78 Å². The van der Waals surface area contributed by atoms with Gasteiger partial charge in [-0.25, -0.2) is 0 Å². The molecule has 3 fully saturated rings. The van der Waals surface area contributed by atoms with Crippen LogP contribution in [0.3, 0.4) is 0 Å². The second kappa shape index (κ2) is 9.18. The molecule has 0 aliphatic heterocycles. The first kappa shape index (κ1) is 24.0. The highest BCUT2D eigenvalue weighted by molar-refractivity contribution is 6.45. The van der Waals surface area contributed by atoms with Gasteiger partial charge in [0.25, 0.3) is 0 Å². The normalized spacial score (nSPS) is 32.9. The molecule has 2 N–H and O–H groups in total. The lowest BCUT2D eigenvalue weighted by molar-refractivity contribution is -0.117. The van der Waals surface area contributed by atoms with Crippen molar-refractivity contribution >= 4 is 23.0 Å². The fourth-order valence-electron chi connectivity index (χ4n) is 8.33. The summed E-state index contributed by atoms with van der Waals surface area (Å²) in [4.78, 5) is 27.0. The van der Waals surface area contributed by atoms with E-state index in [1.54, 1.807) is 5.57 Å². The zero-order valence-electron chi connectivity index (χ0n) is 21.8. The fraction of sp³-hybridized carbons (Fsp3) is 0.700. The van der Waals surface area contributed by atoms with E-state index in [-0.39, 0.29) is 34.8 Å². The van der Waals surface area contributed by atoms with Gasteiger partial charge in [-0.3, -0.25) is 14.3 Å². The van der Waals surface area contributed by atoms with Gasteiger partial charge in [-0.2, -0.15) is 5.10 Å². The van der Waals surface area contributed by atoms with Gasteiger partial charge in [-0.15, -0.1) is 0 Å². The van der Waals surface area contributed by atoms with Crippen LogP contribution in [0.2, 0.25) is 0 Å². The average Bonchev–Trinajstić information content (AvgIpc) is 3.24. The molecule has 6 rings (SSSR count). The van der Waals surface area contributed by atoms with Crippen molar-refractivity contribution in [3.8, 4) is 0 Å². The highest BCUT2D eigenvalue weighted by Gasteiger charge is 2.61. The second-order valence-corrected chi connectivity index (χ2v) is 12.3. The summed E-state index contributed by atoms with van der Waals surface area (Å²) in [6.07, 6.45) is 13.6. The highest BCUT2D eigenvalue weighted by Crippen LogP contribution is 2.65. The number of rotatable bonds is 8. The number of ketones is 2. The van der Waals surface area contributed by atoms with Crippen molar-refractivity contribution < 1.29 is 9.59 Å². The van der Waals surface area contributed by atoms with Crippen molar-refractivity contribution in [1.29, 1.82) is 10.8 Å². The second-order valence-electron chi connectivity index (χ2n) is 12.3. The minimum absolute atomic E-state index is 0.0618. The van der Waals surface area contributed by atoms with Crippen LogP contribution in [-0.4, -0.2) is 32.8 Å². The Kier molecular flexibility index (Phi) is 6.12. The largest absolute Gasteiger partial charge is 0.302 e. The summed E-state index contributed by atoms with van der Waals surface area (Å²) in [5, 5.41) is 22.2. The summed E-state index contributed by atoms with van der Waals surface area (Å²) in [6, 6.07) is 0.320. The number of aromatic nitrogens is 2. The molecule has 36 heavy (non-hydrogen) atoms. The van der Waals surface area contributed by atoms with Gasteiger partial charge in [-0.1, -0.05) is 51.2 Å². The monoisotopic (exact) mass is 488 g/mol. The molecule has 192 valence electrons. The molecule has 1 heterocycles. The minimum Gasteiger partial charge on any atom is -0.302 e. The smallest absolute Gasteiger partial charge is 0.227 e. The first-order valence-electron chi connectivity index (χ1n) is 14.4. The molecule has 5 aliphatic rings. The Bertz CT molecular complexity index is 1150. The van der Waals surface area contributed by atoms with Crippen LogP contribution in [0.25, 0.3) is 0 Å². The Morgan fingerprint density at radius 1 is 1.08 bits per heavy atom. The van der Waals surface area contributed by atoms with Crippen LogP contribution in [0.15, 0.2) is 11.6 Å². The Morgan fingerprint density at radius 3 is 2.61 bits per heavy atom. The molecular formula is C30H40N4O2. The van der Waals surface area contributed by atoms with E-state index in [1.165, 1.54) is 19.3 Å². The number of Topliss-reactive ketones (excluding diaryl/α,β-unsaturated/α-hetero) is 2. The Labute approximate surface area is 214 Å². The van der Waals surface area contributed by atoms with E-state index < -0.39 is 0 Å². The first-order valence-corrected chi connectivity index (χ1v) is 14.4. The maximum absolute atomic E-state index is 13.9. The number of carbonyl (C=O) groups is 2. The van der Waals surface area contributed by atoms with Crippen molar-refractivity contribution in [2.45, 2.75) is 96.9 Å². The highest BCUT2D eigenvalue weighted by atomic mass is 16.1. The standard InChI is InChI=1S/C30H40N4O2/c1-3-7-23(31)29(35)17-10-11-24-20(14-17)28(33-34(24)19-8-5-4-6-9-19)30(36)27(32)26-21-13-16(2)12-18-15-22(26)25(18)21/h12,16-17,19,21-22,25-26,31-32H,3-11,13-15H2,1-2H3. The molecule has 0 aromatic carbocycles. The molecule has 5 aliphatic carbocycles. The Hall–Kier alpha value is -2.37. The molecule has 0 spiro atoms. The topological polar surface area (TPSA) is 99.7 Å². The lowest BCUT2D eigenvalue weighted by atomic mass is 9.40. The van der Waals surface area contributed by atoms with E-state index in [0.29, 0.717) is 48.2 Å². The third kappa shape index (κ3) is 3.69. The maximum atomic E-state index is 13.9. The van der Waals surface area contributed by atoms with Crippen LogP contribution in [0.1, 0.15) is 106 Å². The predicted octanol–water partition coefficient (Wildman–Crippen LogP) is 5.93. The molecule has 6 atom stereocenters.